The molecule has 0 unspecified atom stereocenters. The molecule has 1 saturated heterocycles. The fraction of sp³-hybridized carbons (Fsp3) is 0.318. The fourth-order valence-electron chi connectivity index (χ4n) is 4.41. The summed E-state index contributed by atoms with van der Waals surface area (Å²) in [7, 11) is 0. The Morgan fingerprint density at radius 1 is 1.17 bits per heavy atom. The van der Waals surface area contributed by atoms with E-state index in [2.05, 4.69) is 35.6 Å². The molecule has 1 aromatic carbocycles. The number of nitrogens with two attached hydrogens (primary N) is 1. The minimum Gasteiger partial charge on any atom is -0.461 e. The lowest BCUT2D eigenvalue weighted by molar-refractivity contribution is -0.115. The molecule has 12 nitrogen and oxygen atoms in total. The van der Waals surface area contributed by atoms with Crippen molar-refractivity contribution in [1.29, 1.82) is 0 Å². The zero-order valence-electron chi connectivity index (χ0n) is 18.7. The lowest BCUT2D eigenvalue weighted by Crippen LogP contribution is -2.48. The Hall–Kier alpha value is -4.26. The molecule has 180 valence electrons. The van der Waals surface area contributed by atoms with Crippen LogP contribution in [0.1, 0.15) is 5.56 Å². The summed E-state index contributed by atoms with van der Waals surface area (Å²) in [5, 5.41) is 10.2. The largest absolute Gasteiger partial charge is 0.461 e. The number of fused-ring (bicyclic) bond motifs is 2. The van der Waals surface area contributed by atoms with Crippen molar-refractivity contribution in [2.45, 2.75) is 6.42 Å². The van der Waals surface area contributed by atoms with E-state index in [9.17, 15) is 9.18 Å². The second-order valence-electron chi connectivity index (χ2n) is 8.47. The molecule has 0 aliphatic carbocycles. The Morgan fingerprint density at radius 3 is 2.83 bits per heavy atom. The predicted octanol–water partition coefficient (Wildman–Crippen LogP) is 1.23. The van der Waals surface area contributed by atoms with Crippen molar-refractivity contribution in [1.82, 2.24) is 29.5 Å². The number of carbonyl (C=O) groups excluding carboxylic acids is 1. The van der Waals surface area contributed by atoms with Crippen LogP contribution in [0.2, 0.25) is 0 Å². The van der Waals surface area contributed by atoms with Gasteiger partial charge in [0.1, 0.15) is 5.82 Å². The molecule has 4 aromatic rings. The SMILES string of the molecule is Nc1nc(NCCN2CCN(c3cc4c(cc3F)NC(=O)C4)CC2)nc2nc(-c3ccco3)nn12. The van der Waals surface area contributed by atoms with Gasteiger partial charge in [0, 0.05) is 45.0 Å². The Balaban J connectivity index is 1.04. The minimum atomic E-state index is -0.310. The molecule has 0 atom stereocenters. The number of piperazine rings is 1. The van der Waals surface area contributed by atoms with Gasteiger partial charge in [0.15, 0.2) is 5.76 Å². The number of amides is 1. The Morgan fingerprint density at radius 2 is 2.03 bits per heavy atom. The first kappa shape index (κ1) is 21.3. The average molecular weight is 478 g/mol. The number of hydrogen-bond donors (Lipinski definition) is 3. The molecule has 5 heterocycles. The second-order valence-corrected chi connectivity index (χ2v) is 8.47. The van der Waals surface area contributed by atoms with E-state index in [1.165, 1.54) is 10.6 Å². The van der Waals surface area contributed by atoms with E-state index < -0.39 is 0 Å². The summed E-state index contributed by atoms with van der Waals surface area (Å²) in [6, 6.07) is 6.72. The molecule has 6 rings (SSSR count). The smallest absolute Gasteiger partial charge is 0.259 e. The maximum atomic E-state index is 14.6. The van der Waals surface area contributed by atoms with E-state index in [1.54, 1.807) is 24.5 Å². The van der Waals surface area contributed by atoms with Gasteiger partial charge in [0.25, 0.3) is 5.78 Å². The third kappa shape index (κ3) is 4.10. The highest BCUT2D eigenvalue weighted by Crippen LogP contribution is 2.31. The summed E-state index contributed by atoms with van der Waals surface area (Å²) in [6.45, 7) is 4.33. The van der Waals surface area contributed by atoms with Crippen LogP contribution in [0.4, 0.5) is 27.7 Å². The molecule has 2 aliphatic heterocycles. The van der Waals surface area contributed by atoms with Crippen LogP contribution >= 0.6 is 0 Å². The van der Waals surface area contributed by atoms with Gasteiger partial charge in [-0.05, 0) is 29.8 Å². The molecule has 13 heteroatoms. The zero-order chi connectivity index (χ0) is 23.9. The van der Waals surface area contributed by atoms with E-state index in [0.717, 1.165) is 25.2 Å². The minimum absolute atomic E-state index is 0.0965. The van der Waals surface area contributed by atoms with E-state index in [-0.39, 0.29) is 17.7 Å². The normalized spacial score (nSPS) is 16.0. The van der Waals surface area contributed by atoms with Crippen LogP contribution in [-0.2, 0) is 11.2 Å². The third-order valence-electron chi connectivity index (χ3n) is 6.20. The van der Waals surface area contributed by atoms with Crippen molar-refractivity contribution in [2.24, 2.45) is 0 Å². The summed E-state index contributed by atoms with van der Waals surface area (Å²) in [6.07, 6.45) is 1.84. The van der Waals surface area contributed by atoms with Crippen LogP contribution in [0.5, 0.6) is 0 Å². The Bertz CT molecular complexity index is 1400. The van der Waals surface area contributed by atoms with E-state index in [0.29, 0.717) is 60.7 Å². The molecule has 0 spiro atoms. The van der Waals surface area contributed by atoms with Crippen molar-refractivity contribution < 1.29 is 13.6 Å². The van der Waals surface area contributed by atoms with Crippen LogP contribution in [0.3, 0.4) is 0 Å². The van der Waals surface area contributed by atoms with Crippen LogP contribution in [-0.4, -0.2) is 74.6 Å². The molecular formula is C22H23FN10O2. The van der Waals surface area contributed by atoms with Gasteiger partial charge in [0.05, 0.1) is 18.4 Å². The number of aromatic nitrogens is 5. The van der Waals surface area contributed by atoms with Gasteiger partial charge >= 0.3 is 0 Å². The first-order valence-electron chi connectivity index (χ1n) is 11.3. The number of hydrogen-bond acceptors (Lipinski definition) is 10. The van der Waals surface area contributed by atoms with Crippen LogP contribution in [0, 0.1) is 5.82 Å². The summed E-state index contributed by atoms with van der Waals surface area (Å²) in [4.78, 5) is 28.9. The number of rotatable bonds is 6. The van der Waals surface area contributed by atoms with Gasteiger partial charge in [0.2, 0.25) is 23.6 Å². The lowest BCUT2D eigenvalue weighted by atomic mass is 10.1. The van der Waals surface area contributed by atoms with Gasteiger partial charge in [-0.25, -0.2) is 4.39 Å². The van der Waals surface area contributed by atoms with E-state index >= 15 is 0 Å². The highest BCUT2D eigenvalue weighted by Gasteiger charge is 2.24. The molecule has 3 aromatic heterocycles. The molecule has 1 amide bonds. The van der Waals surface area contributed by atoms with Crippen molar-refractivity contribution >= 4 is 35.0 Å². The quantitative estimate of drug-likeness (QED) is 0.370. The number of carbonyl (C=O) groups is 1. The van der Waals surface area contributed by atoms with Crippen molar-refractivity contribution in [3.63, 3.8) is 0 Å². The maximum Gasteiger partial charge on any atom is 0.259 e. The van der Waals surface area contributed by atoms with Crippen molar-refractivity contribution in [3.05, 3.63) is 41.9 Å². The molecule has 35 heavy (non-hydrogen) atoms. The number of furan rings is 1. The Labute approximate surface area is 198 Å². The van der Waals surface area contributed by atoms with Crippen LogP contribution in [0.25, 0.3) is 17.4 Å². The number of nitrogens with one attached hydrogen (secondary N) is 2. The molecule has 0 bridgehead atoms. The van der Waals surface area contributed by atoms with Gasteiger partial charge in [-0.1, -0.05) is 0 Å². The summed E-state index contributed by atoms with van der Waals surface area (Å²) >= 11 is 0. The fourth-order valence-corrected chi connectivity index (χ4v) is 4.41. The van der Waals surface area contributed by atoms with Gasteiger partial charge in [-0.3, -0.25) is 9.69 Å². The van der Waals surface area contributed by atoms with Gasteiger partial charge in [-0.15, -0.1) is 5.10 Å². The predicted molar refractivity (Wildman–Crippen MR) is 127 cm³/mol. The molecule has 0 radical (unpaired) electrons. The topological polar surface area (TPSA) is 143 Å². The highest BCUT2D eigenvalue weighted by atomic mass is 19.1. The first-order valence-corrected chi connectivity index (χ1v) is 11.3. The zero-order valence-corrected chi connectivity index (χ0v) is 18.7. The Kier molecular flexibility index (Phi) is 5.17. The summed E-state index contributed by atoms with van der Waals surface area (Å²) in [5.41, 5.74) is 8.01. The van der Waals surface area contributed by atoms with Crippen molar-refractivity contribution in [2.75, 3.05) is 60.5 Å². The molecular weight excluding hydrogens is 455 g/mol. The monoisotopic (exact) mass is 478 g/mol. The number of halogens is 1. The summed E-state index contributed by atoms with van der Waals surface area (Å²) in [5.74, 6) is 1.37. The lowest BCUT2D eigenvalue weighted by Gasteiger charge is -2.36. The standard InChI is InChI=1S/C22H23FN10O2/c23-14-12-15-13(11-18(34)26-15)10-16(14)32-7-5-31(6-8-32)4-3-25-21-28-20(24)33-22(29-21)27-19(30-33)17-2-1-9-35-17/h1-2,9-10,12H,3-8,11H2,(H,26,34)(H3,24,25,27,28,29,30). The number of benzene rings is 1. The molecule has 0 saturated carbocycles. The molecule has 4 N–H and O–H groups in total. The average Bonchev–Trinajstić information content (AvgIpc) is 3.58. The first-order chi connectivity index (χ1) is 17.0. The molecule has 1 fully saturated rings. The van der Waals surface area contributed by atoms with Gasteiger partial charge < -0.3 is 25.7 Å². The van der Waals surface area contributed by atoms with Crippen LogP contribution in [0.15, 0.2) is 34.9 Å². The molecule has 2 aliphatic rings. The van der Waals surface area contributed by atoms with E-state index in [4.69, 9.17) is 10.2 Å². The second kappa shape index (κ2) is 8.51. The summed E-state index contributed by atoms with van der Waals surface area (Å²) < 4.78 is 21.3. The van der Waals surface area contributed by atoms with E-state index in [1.807, 2.05) is 4.90 Å². The van der Waals surface area contributed by atoms with Crippen LogP contribution < -0.4 is 21.3 Å². The number of nitrogens with zero attached hydrogens (tertiary/aromatic N) is 7. The number of anilines is 4. The van der Waals surface area contributed by atoms with Gasteiger partial charge in [-0.2, -0.15) is 19.5 Å². The number of nitrogen functional groups attached to an aromatic ring is 1. The highest BCUT2D eigenvalue weighted by molar-refractivity contribution is 5.99. The van der Waals surface area contributed by atoms with Crippen molar-refractivity contribution in [3.8, 4) is 11.6 Å². The third-order valence-corrected chi connectivity index (χ3v) is 6.20. The maximum absolute atomic E-state index is 14.6.